The highest BCUT2D eigenvalue weighted by Crippen LogP contribution is 2.21. The summed E-state index contributed by atoms with van der Waals surface area (Å²) < 4.78 is 0. The van der Waals surface area contributed by atoms with Crippen LogP contribution in [0.15, 0.2) is 0 Å². The van der Waals surface area contributed by atoms with Gasteiger partial charge in [0.15, 0.2) is 0 Å². The Labute approximate surface area is 117 Å². The highest BCUT2D eigenvalue weighted by Gasteiger charge is 2.39. The van der Waals surface area contributed by atoms with Crippen molar-refractivity contribution in [2.24, 2.45) is 5.41 Å². The average Bonchev–Trinajstić information content (AvgIpc) is 2.25. The maximum absolute atomic E-state index is 12.5. The van der Waals surface area contributed by atoms with Gasteiger partial charge in [0.25, 0.3) is 0 Å². The van der Waals surface area contributed by atoms with Gasteiger partial charge < -0.3 is 10.2 Å². The molecule has 0 heterocycles. The lowest BCUT2D eigenvalue weighted by molar-refractivity contribution is -0.149. The maximum atomic E-state index is 12.5. The van der Waals surface area contributed by atoms with Crippen LogP contribution in [0, 0.1) is 5.41 Å². The first-order valence-corrected chi connectivity index (χ1v) is 7.18. The number of hydrogen-bond donors (Lipinski definition) is 1. The lowest BCUT2D eigenvalue weighted by Gasteiger charge is -2.33. The largest absolute Gasteiger partial charge is 0.351 e. The topological polar surface area (TPSA) is 49.4 Å². The van der Waals surface area contributed by atoms with Crippen LogP contribution in [-0.4, -0.2) is 35.3 Å². The van der Waals surface area contributed by atoms with Gasteiger partial charge in [0.1, 0.15) is 5.41 Å². The van der Waals surface area contributed by atoms with Crippen LogP contribution in [0.3, 0.4) is 0 Å². The Balaban J connectivity index is 4.95. The number of rotatable bonds is 6. The third kappa shape index (κ3) is 5.62. The van der Waals surface area contributed by atoms with Gasteiger partial charge in [-0.1, -0.05) is 13.8 Å². The second-order valence-corrected chi connectivity index (χ2v) is 6.62. The zero-order valence-electron chi connectivity index (χ0n) is 13.6. The molecule has 0 atom stereocenters. The number of nitrogens with one attached hydrogen (secondary N) is 1. The Bertz CT molecular complexity index is 311. The molecular weight excluding hydrogens is 240 g/mol. The van der Waals surface area contributed by atoms with E-state index < -0.39 is 5.41 Å². The molecule has 0 bridgehead atoms. The summed E-state index contributed by atoms with van der Waals surface area (Å²) in [5.74, 6) is -0.292. The van der Waals surface area contributed by atoms with E-state index in [9.17, 15) is 9.59 Å². The van der Waals surface area contributed by atoms with Crippen LogP contribution >= 0.6 is 0 Å². The van der Waals surface area contributed by atoms with Crippen LogP contribution in [0.2, 0.25) is 0 Å². The molecule has 0 unspecified atom stereocenters. The van der Waals surface area contributed by atoms with Crippen LogP contribution in [0.4, 0.5) is 0 Å². The zero-order valence-corrected chi connectivity index (χ0v) is 13.6. The van der Waals surface area contributed by atoms with Gasteiger partial charge >= 0.3 is 0 Å². The van der Waals surface area contributed by atoms with Crippen molar-refractivity contribution in [2.75, 3.05) is 13.1 Å². The second kappa shape index (κ2) is 6.92. The number of hydrogen-bond acceptors (Lipinski definition) is 2. The van der Waals surface area contributed by atoms with Crippen LogP contribution < -0.4 is 5.32 Å². The molecule has 0 aromatic carbocycles. The highest BCUT2D eigenvalue weighted by molar-refractivity contribution is 6.04. The highest BCUT2D eigenvalue weighted by atomic mass is 16.2. The summed E-state index contributed by atoms with van der Waals surface area (Å²) in [6.45, 7) is 14.7. The summed E-state index contributed by atoms with van der Waals surface area (Å²) >= 11 is 0. The molecule has 0 aromatic rings. The summed E-state index contributed by atoms with van der Waals surface area (Å²) in [6, 6.07) is 0. The van der Waals surface area contributed by atoms with E-state index in [1.165, 1.54) is 0 Å². The van der Waals surface area contributed by atoms with Crippen LogP contribution in [0.5, 0.6) is 0 Å². The molecule has 4 heteroatoms. The molecule has 1 N–H and O–H groups in total. The average molecular weight is 270 g/mol. The SMILES string of the molecule is CCCN(CCC)C(=O)C(C)(C)C(=O)NC(C)(C)C. The summed E-state index contributed by atoms with van der Waals surface area (Å²) in [5.41, 5.74) is -1.34. The fourth-order valence-corrected chi connectivity index (χ4v) is 1.84. The number of nitrogens with zero attached hydrogens (tertiary/aromatic N) is 1. The fourth-order valence-electron chi connectivity index (χ4n) is 1.84. The summed E-state index contributed by atoms with van der Waals surface area (Å²) in [6.07, 6.45) is 1.81. The van der Waals surface area contributed by atoms with Crippen LogP contribution in [-0.2, 0) is 9.59 Å². The van der Waals surface area contributed by atoms with E-state index in [-0.39, 0.29) is 17.4 Å². The van der Waals surface area contributed by atoms with Gasteiger partial charge in [-0.3, -0.25) is 9.59 Å². The molecular formula is C15H30N2O2. The van der Waals surface area contributed by atoms with Crippen molar-refractivity contribution < 1.29 is 9.59 Å². The minimum atomic E-state index is -1.02. The van der Waals surface area contributed by atoms with Crippen molar-refractivity contribution in [3.05, 3.63) is 0 Å². The Morgan fingerprint density at radius 3 is 1.68 bits per heavy atom. The van der Waals surface area contributed by atoms with E-state index in [4.69, 9.17) is 0 Å². The predicted molar refractivity (Wildman–Crippen MR) is 78.8 cm³/mol. The standard InChI is InChI=1S/C15H30N2O2/c1-8-10-17(11-9-2)13(19)15(6,7)12(18)16-14(3,4)5/h8-11H2,1-7H3,(H,16,18). The molecule has 112 valence electrons. The van der Waals surface area contributed by atoms with E-state index in [1.54, 1.807) is 18.7 Å². The third-order valence-electron chi connectivity index (χ3n) is 2.87. The minimum Gasteiger partial charge on any atom is -0.351 e. The number of carbonyl (C=O) groups is 2. The molecule has 0 aliphatic heterocycles. The van der Waals surface area contributed by atoms with Gasteiger partial charge in [0.05, 0.1) is 0 Å². The quantitative estimate of drug-likeness (QED) is 0.754. The zero-order chi connectivity index (χ0) is 15.3. The summed E-state index contributed by atoms with van der Waals surface area (Å²) in [7, 11) is 0. The van der Waals surface area contributed by atoms with Crippen molar-refractivity contribution in [2.45, 2.75) is 66.8 Å². The normalized spacial score (nSPS) is 12.2. The smallest absolute Gasteiger partial charge is 0.237 e. The number of amides is 2. The Morgan fingerprint density at radius 2 is 1.37 bits per heavy atom. The van der Waals surface area contributed by atoms with Gasteiger partial charge in [-0.05, 0) is 47.5 Å². The van der Waals surface area contributed by atoms with Gasteiger partial charge in [-0.25, -0.2) is 0 Å². The Morgan fingerprint density at radius 1 is 0.947 bits per heavy atom. The van der Waals surface area contributed by atoms with E-state index >= 15 is 0 Å². The van der Waals surface area contributed by atoms with Crippen molar-refractivity contribution in [3.8, 4) is 0 Å². The molecule has 0 radical (unpaired) electrons. The summed E-state index contributed by atoms with van der Waals surface area (Å²) in [4.78, 5) is 26.6. The molecule has 4 nitrogen and oxygen atoms in total. The lowest BCUT2D eigenvalue weighted by Crippen LogP contribution is -2.54. The maximum Gasteiger partial charge on any atom is 0.237 e. The predicted octanol–water partition coefficient (Wildman–Crippen LogP) is 2.58. The molecule has 0 fully saturated rings. The second-order valence-electron chi connectivity index (χ2n) is 6.62. The van der Waals surface area contributed by atoms with E-state index in [1.807, 2.05) is 34.6 Å². The first-order valence-electron chi connectivity index (χ1n) is 7.18. The van der Waals surface area contributed by atoms with Crippen molar-refractivity contribution in [1.29, 1.82) is 0 Å². The fraction of sp³-hybridized carbons (Fsp3) is 0.867. The van der Waals surface area contributed by atoms with E-state index in [2.05, 4.69) is 5.32 Å². The first kappa shape index (κ1) is 17.9. The molecule has 0 spiro atoms. The molecule has 0 rings (SSSR count). The van der Waals surface area contributed by atoms with Crippen molar-refractivity contribution in [3.63, 3.8) is 0 Å². The van der Waals surface area contributed by atoms with Crippen molar-refractivity contribution in [1.82, 2.24) is 10.2 Å². The monoisotopic (exact) mass is 270 g/mol. The number of carbonyl (C=O) groups excluding carboxylic acids is 2. The third-order valence-corrected chi connectivity index (χ3v) is 2.87. The van der Waals surface area contributed by atoms with Gasteiger partial charge in [-0.2, -0.15) is 0 Å². The molecule has 0 saturated heterocycles. The molecule has 2 amide bonds. The molecule has 0 aliphatic carbocycles. The Kier molecular flexibility index (Phi) is 6.53. The minimum absolute atomic E-state index is 0.0852. The molecule has 0 aromatic heterocycles. The van der Waals surface area contributed by atoms with Gasteiger partial charge in [-0.15, -0.1) is 0 Å². The van der Waals surface area contributed by atoms with Gasteiger partial charge in [0, 0.05) is 18.6 Å². The van der Waals surface area contributed by atoms with Crippen molar-refractivity contribution >= 4 is 11.8 Å². The van der Waals surface area contributed by atoms with E-state index in [0.29, 0.717) is 13.1 Å². The Hall–Kier alpha value is -1.06. The van der Waals surface area contributed by atoms with Gasteiger partial charge in [0.2, 0.25) is 11.8 Å². The first-order chi connectivity index (χ1) is 8.56. The molecule has 0 saturated carbocycles. The molecule has 0 aliphatic rings. The van der Waals surface area contributed by atoms with Crippen LogP contribution in [0.1, 0.15) is 61.3 Å². The van der Waals surface area contributed by atoms with Crippen LogP contribution in [0.25, 0.3) is 0 Å². The lowest BCUT2D eigenvalue weighted by atomic mass is 9.89. The van der Waals surface area contributed by atoms with E-state index in [0.717, 1.165) is 12.8 Å². The molecule has 19 heavy (non-hydrogen) atoms. The summed E-state index contributed by atoms with van der Waals surface area (Å²) in [5, 5.41) is 2.89.